The summed E-state index contributed by atoms with van der Waals surface area (Å²) in [6.45, 7) is 1.89. The summed E-state index contributed by atoms with van der Waals surface area (Å²) in [6.07, 6.45) is -1.09. The van der Waals surface area contributed by atoms with Crippen molar-refractivity contribution in [1.29, 1.82) is 0 Å². The minimum atomic E-state index is -5.08. The Morgan fingerprint density at radius 3 is 2.05 bits per heavy atom. The third kappa shape index (κ3) is 7.66. The van der Waals surface area contributed by atoms with Gasteiger partial charge in [0, 0.05) is 18.5 Å². The molecule has 0 spiro atoms. The standard InChI is InChI=1S/C9H18N2O.C2HF3O2/c1-3-9(12)11-8-5-4-7(6-8)10-2;3-2(4,5)1(6)7/h7-8,10H,3-6H2,1-2H3,(H,11,12);(H,6,7)/t7-,8+;/m1./s1. The second-order valence-corrected chi connectivity index (χ2v) is 4.22. The molecule has 8 heteroatoms. The van der Waals surface area contributed by atoms with E-state index >= 15 is 0 Å². The average Bonchev–Trinajstić information content (AvgIpc) is 2.76. The number of nitrogens with one attached hydrogen (secondary N) is 2. The quantitative estimate of drug-likeness (QED) is 0.729. The molecule has 0 unspecified atom stereocenters. The van der Waals surface area contributed by atoms with Crippen molar-refractivity contribution >= 4 is 11.9 Å². The number of hydrogen-bond donors (Lipinski definition) is 3. The van der Waals surface area contributed by atoms with Gasteiger partial charge in [0.15, 0.2) is 0 Å². The van der Waals surface area contributed by atoms with E-state index in [1.165, 1.54) is 6.42 Å². The molecule has 2 atom stereocenters. The van der Waals surface area contributed by atoms with Gasteiger partial charge in [0.1, 0.15) is 0 Å². The Labute approximate surface area is 109 Å². The lowest BCUT2D eigenvalue weighted by molar-refractivity contribution is -0.192. The molecule has 1 aliphatic rings. The van der Waals surface area contributed by atoms with E-state index in [0.717, 1.165) is 12.8 Å². The highest BCUT2D eigenvalue weighted by molar-refractivity contribution is 5.75. The summed E-state index contributed by atoms with van der Waals surface area (Å²) in [4.78, 5) is 19.9. The molecule has 0 bridgehead atoms. The van der Waals surface area contributed by atoms with Crippen molar-refractivity contribution in [2.45, 2.75) is 50.9 Å². The Balaban J connectivity index is 0.000000399. The summed E-state index contributed by atoms with van der Waals surface area (Å²) in [6, 6.07) is 1.02. The van der Waals surface area contributed by atoms with Gasteiger partial charge in [-0.25, -0.2) is 4.79 Å². The molecule has 0 aromatic carbocycles. The van der Waals surface area contributed by atoms with Gasteiger partial charge in [-0.3, -0.25) is 4.79 Å². The molecule has 0 aromatic rings. The first kappa shape index (κ1) is 17.7. The fourth-order valence-corrected chi connectivity index (χ4v) is 1.70. The molecule has 1 amide bonds. The molecule has 0 saturated heterocycles. The number of alkyl halides is 3. The van der Waals surface area contributed by atoms with Crippen molar-refractivity contribution < 1.29 is 27.9 Å². The van der Waals surface area contributed by atoms with Gasteiger partial charge in [-0.05, 0) is 26.3 Å². The molecule has 0 aliphatic heterocycles. The van der Waals surface area contributed by atoms with Crippen LogP contribution in [0, 0.1) is 0 Å². The summed E-state index contributed by atoms with van der Waals surface area (Å²) < 4.78 is 31.7. The summed E-state index contributed by atoms with van der Waals surface area (Å²) in [5.74, 6) is -2.58. The molecule has 3 N–H and O–H groups in total. The van der Waals surface area contributed by atoms with Gasteiger partial charge in [-0.1, -0.05) is 6.92 Å². The van der Waals surface area contributed by atoms with Crippen LogP contribution < -0.4 is 10.6 Å². The summed E-state index contributed by atoms with van der Waals surface area (Å²) in [5.41, 5.74) is 0. The number of rotatable bonds is 3. The topological polar surface area (TPSA) is 78.4 Å². The Morgan fingerprint density at radius 1 is 1.26 bits per heavy atom. The van der Waals surface area contributed by atoms with E-state index in [1.54, 1.807) is 0 Å². The lowest BCUT2D eigenvalue weighted by Gasteiger charge is -2.11. The first-order valence-corrected chi connectivity index (χ1v) is 5.97. The highest BCUT2D eigenvalue weighted by Crippen LogP contribution is 2.18. The van der Waals surface area contributed by atoms with Crippen LogP contribution in [-0.4, -0.2) is 42.3 Å². The maximum Gasteiger partial charge on any atom is 0.490 e. The van der Waals surface area contributed by atoms with Gasteiger partial charge >= 0.3 is 12.1 Å². The van der Waals surface area contributed by atoms with E-state index in [0.29, 0.717) is 18.5 Å². The highest BCUT2D eigenvalue weighted by Gasteiger charge is 2.38. The van der Waals surface area contributed by atoms with Gasteiger partial charge in [-0.15, -0.1) is 0 Å². The third-order valence-electron chi connectivity index (χ3n) is 2.77. The number of halogens is 3. The molecule has 5 nitrogen and oxygen atoms in total. The first-order chi connectivity index (χ1) is 8.70. The van der Waals surface area contributed by atoms with Crippen LogP contribution in [0.4, 0.5) is 13.2 Å². The van der Waals surface area contributed by atoms with Gasteiger partial charge in [-0.2, -0.15) is 13.2 Å². The molecule has 0 aromatic heterocycles. The van der Waals surface area contributed by atoms with Gasteiger partial charge in [0.2, 0.25) is 5.91 Å². The Bertz CT molecular complexity index is 308. The summed E-state index contributed by atoms with van der Waals surface area (Å²) >= 11 is 0. The monoisotopic (exact) mass is 284 g/mol. The van der Waals surface area contributed by atoms with Crippen molar-refractivity contribution in [2.24, 2.45) is 0 Å². The normalized spacial score (nSPS) is 22.4. The number of carbonyl (C=O) groups excluding carboxylic acids is 1. The molecule has 1 rings (SSSR count). The van der Waals surface area contributed by atoms with Gasteiger partial charge in [0.25, 0.3) is 0 Å². The lowest BCUT2D eigenvalue weighted by Crippen LogP contribution is -2.33. The number of carbonyl (C=O) groups is 2. The maximum atomic E-state index is 11.0. The molecule has 19 heavy (non-hydrogen) atoms. The molecule has 1 fully saturated rings. The molecule has 112 valence electrons. The zero-order valence-corrected chi connectivity index (χ0v) is 10.9. The van der Waals surface area contributed by atoms with Crippen molar-refractivity contribution in [3.05, 3.63) is 0 Å². The largest absolute Gasteiger partial charge is 0.490 e. The molecule has 1 aliphatic carbocycles. The first-order valence-electron chi connectivity index (χ1n) is 5.97. The second-order valence-electron chi connectivity index (χ2n) is 4.22. The smallest absolute Gasteiger partial charge is 0.475 e. The van der Waals surface area contributed by atoms with Gasteiger partial charge in [0.05, 0.1) is 0 Å². The second kappa shape index (κ2) is 7.98. The van der Waals surface area contributed by atoms with E-state index < -0.39 is 12.1 Å². The van der Waals surface area contributed by atoms with E-state index in [9.17, 15) is 18.0 Å². The predicted octanol–water partition coefficient (Wildman–Crippen LogP) is 1.29. The van der Waals surface area contributed by atoms with Crippen LogP contribution >= 0.6 is 0 Å². The van der Waals surface area contributed by atoms with Crippen LogP contribution in [0.5, 0.6) is 0 Å². The Kier molecular flexibility index (Phi) is 7.43. The SMILES string of the molecule is CCC(=O)N[C@H]1CC[C@@H](NC)C1.O=C(O)C(F)(F)F. The maximum absolute atomic E-state index is 11.0. The van der Waals surface area contributed by atoms with Crippen molar-refractivity contribution in [2.75, 3.05) is 7.05 Å². The number of carboxylic acids is 1. The van der Waals surface area contributed by atoms with Crippen LogP contribution in [0.3, 0.4) is 0 Å². The van der Waals surface area contributed by atoms with E-state index in [1.807, 2.05) is 14.0 Å². The van der Waals surface area contributed by atoms with Crippen LogP contribution in [0.25, 0.3) is 0 Å². The molecule has 0 heterocycles. The van der Waals surface area contributed by atoms with Crippen molar-refractivity contribution in [3.63, 3.8) is 0 Å². The van der Waals surface area contributed by atoms with Crippen LogP contribution in [-0.2, 0) is 9.59 Å². The number of hydrogen-bond acceptors (Lipinski definition) is 3. The number of aliphatic carboxylic acids is 1. The number of amides is 1. The zero-order valence-electron chi connectivity index (χ0n) is 10.9. The zero-order chi connectivity index (χ0) is 15.1. The minimum Gasteiger partial charge on any atom is -0.475 e. The van der Waals surface area contributed by atoms with Gasteiger partial charge < -0.3 is 15.7 Å². The Hall–Kier alpha value is -1.31. The minimum absolute atomic E-state index is 0.178. The average molecular weight is 284 g/mol. The Morgan fingerprint density at radius 2 is 1.74 bits per heavy atom. The van der Waals surface area contributed by atoms with E-state index in [-0.39, 0.29) is 5.91 Å². The molecular formula is C11H19F3N2O3. The van der Waals surface area contributed by atoms with Crippen LogP contribution in [0.15, 0.2) is 0 Å². The van der Waals surface area contributed by atoms with E-state index in [2.05, 4.69) is 10.6 Å². The van der Waals surface area contributed by atoms with Crippen molar-refractivity contribution in [3.8, 4) is 0 Å². The summed E-state index contributed by atoms with van der Waals surface area (Å²) in [5, 5.41) is 13.4. The van der Waals surface area contributed by atoms with Crippen LogP contribution in [0.2, 0.25) is 0 Å². The molecule has 1 saturated carbocycles. The van der Waals surface area contributed by atoms with Crippen molar-refractivity contribution in [1.82, 2.24) is 10.6 Å². The van der Waals surface area contributed by atoms with E-state index in [4.69, 9.17) is 9.90 Å². The fraction of sp³-hybridized carbons (Fsp3) is 0.818. The van der Waals surface area contributed by atoms with Crippen LogP contribution in [0.1, 0.15) is 32.6 Å². The lowest BCUT2D eigenvalue weighted by atomic mass is 10.2. The molecular weight excluding hydrogens is 265 g/mol. The number of carboxylic acid groups (broad SMARTS) is 1. The third-order valence-corrected chi connectivity index (χ3v) is 2.77. The highest BCUT2D eigenvalue weighted by atomic mass is 19.4. The molecule has 0 radical (unpaired) electrons. The fourth-order valence-electron chi connectivity index (χ4n) is 1.70. The summed E-state index contributed by atoms with van der Waals surface area (Å²) in [7, 11) is 1.98. The predicted molar refractivity (Wildman–Crippen MR) is 62.6 cm³/mol.